The van der Waals surface area contributed by atoms with E-state index < -0.39 is 0 Å². The molecule has 1 fully saturated rings. The topological polar surface area (TPSA) is 18.5 Å². The molecule has 1 aliphatic carbocycles. The van der Waals surface area contributed by atoms with E-state index in [4.69, 9.17) is 9.47 Å². The third-order valence-electron chi connectivity index (χ3n) is 4.27. The molecule has 0 aromatic heterocycles. The Morgan fingerprint density at radius 3 is 2.38 bits per heavy atom. The van der Waals surface area contributed by atoms with E-state index in [0.717, 1.165) is 17.1 Å². The standard InChI is InChI=1S/C19H22O2/c1-20-17-12-10-15(11-13-17)14-21-19-9-5-4-8-18(19)16-6-2-3-7-16/h4-5,8-13,16H,2-3,6-7,14H2,1H3. The molecule has 0 radical (unpaired) electrons. The van der Waals surface area contributed by atoms with Gasteiger partial charge in [-0.15, -0.1) is 0 Å². The fourth-order valence-corrected chi connectivity index (χ4v) is 3.07. The van der Waals surface area contributed by atoms with Crippen molar-refractivity contribution < 1.29 is 9.47 Å². The molecule has 2 nitrogen and oxygen atoms in total. The van der Waals surface area contributed by atoms with Gasteiger partial charge in [0, 0.05) is 0 Å². The monoisotopic (exact) mass is 282 g/mol. The normalized spacial score (nSPS) is 15.1. The minimum Gasteiger partial charge on any atom is -0.497 e. The van der Waals surface area contributed by atoms with Gasteiger partial charge in [-0.25, -0.2) is 0 Å². The third kappa shape index (κ3) is 3.38. The molecule has 2 aromatic rings. The van der Waals surface area contributed by atoms with E-state index in [1.165, 1.54) is 31.2 Å². The van der Waals surface area contributed by atoms with Crippen molar-refractivity contribution in [2.45, 2.75) is 38.2 Å². The summed E-state index contributed by atoms with van der Waals surface area (Å²) in [7, 11) is 1.68. The Morgan fingerprint density at radius 2 is 1.67 bits per heavy atom. The second-order valence-corrected chi connectivity index (χ2v) is 5.66. The number of hydrogen-bond donors (Lipinski definition) is 0. The Morgan fingerprint density at radius 1 is 0.952 bits per heavy atom. The predicted molar refractivity (Wildman–Crippen MR) is 85.0 cm³/mol. The van der Waals surface area contributed by atoms with E-state index in [1.54, 1.807) is 7.11 Å². The fraction of sp³-hybridized carbons (Fsp3) is 0.368. The Balaban J connectivity index is 1.69. The van der Waals surface area contributed by atoms with Crippen LogP contribution in [0.5, 0.6) is 11.5 Å². The highest BCUT2D eigenvalue weighted by atomic mass is 16.5. The first-order chi connectivity index (χ1) is 10.4. The molecule has 0 heterocycles. The van der Waals surface area contributed by atoms with Crippen LogP contribution in [0.3, 0.4) is 0 Å². The first-order valence-electron chi connectivity index (χ1n) is 7.71. The zero-order chi connectivity index (χ0) is 14.5. The van der Waals surface area contributed by atoms with Crippen molar-refractivity contribution in [2.75, 3.05) is 7.11 Å². The van der Waals surface area contributed by atoms with E-state index in [2.05, 4.69) is 36.4 Å². The zero-order valence-corrected chi connectivity index (χ0v) is 12.5. The van der Waals surface area contributed by atoms with Gasteiger partial charge in [-0.1, -0.05) is 43.2 Å². The molecule has 110 valence electrons. The van der Waals surface area contributed by atoms with Crippen molar-refractivity contribution in [2.24, 2.45) is 0 Å². The second kappa shape index (κ2) is 6.66. The van der Waals surface area contributed by atoms with Crippen LogP contribution in [0.15, 0.2) is 48.5 Å². The molecule has 1 aliphatic rings. The van der Waals surface area contributed by atoms with Gasteiger partial charge in [-0.2, -0.15) is 0 Å². The largest absolute Gasteiger partial charge is 0.497 e. The van der Waals surface area contributed by atoms with Crippen LogP contribution in [-0.4, -0.2) is 7.11 Å². The first-order valence-corrected chi connectivity index (χ1v) is 7.71. The first kappa shape index (κ1) is 14.0. The average molecular weight is 282 g/mol. The van der Waals surface area contributed by atoms with Crippen LogP contribution >= 0.6 is 0 Å². The molecule has 0 saturated heterocycles. The van der Waals surface area contributed by atoms with Crippen LogP contribution in [0.4, 0.5) is 0 Å². The highest BCUT2D eigenvalue weighted by molar-refractivity contribution is 5.37. The second-order valence-electron chi connectivity index (χ2n) is 5.66. The van der Waals surface area contributed by atoms with Gasteiger partial charge in [-0.3, -0.25) is 0 Å². The lowest BCUT2D eigenvalue weighted by atomic mass is 9.97. The minimum absolute atomic E-state index is 0.605. The van der Waals surface area contributed by atoms with Gasteiger partial charge < -0.3 is 9.47 Å². The van der Waals surface area contributed by atoms with Gasteiger partial charge in [0.2, 0.25) is 0 Å². The van der Waals surface area contributed by atoms with Crippen molar-refractivity contribution in [3.8, 4) is 11.5 Å². The molecule has 0 aliphatic heterocycles. The molecule has 2 aromatic carbocycles. The Labute approximate surface area is 126 Å². The summed E-state index contributed by atoms with van der Waals surface area (Å²) in [6.07, 6.45) is 5.28. The number of para-hydroxylation sites is 1. The van der Waals surface area contributed by atoms with Crippen molar-refractivity contribution in [3.63, 3.8) is 0 Å². The van der Waals surface area contributed by atoms with E-state index in [0.29, 0.717) is 12.5 Å². The molecule has 0 spiro atoms. The van der Waals surface area contributed by atoms with Crippen molar-refractivity contribution in [1.82, 2.24) is 0 Å². The van der Waals surface area contributed by atoms with E-state index in [1.807, 2.05) is 12.1 Å². The van der Waals surface area contributed by atoms with Gasteiger partial charge in [0.1, 0.15) is 18.1 Å². The van der Waals surface area contributed by atoms with Gasteiger partial charge in [-0.05, 0) is 48.1 Å². The van der Waals surface area contributed by atoms with Crippen LogP contribution in [-0.2, 0) is 6.61 Å². The van der Waals surface area contributed by atoms with E-state index in [9.17, 15) is 0 Å². The lowest BCUT2D eigenvalue weighted by molar-refractivity contribution is 0.300. The molecule has 0 amide bonds. The molecule has 0 bridgehead atoms. The minimum atomic E-state index is 0.605. The maximum absolute atomic E-state index is 6.07. The molecular weight excluding hydrogens is 260 g/mol. The fourth-order valence-electron chi connectivity index (χ4n) is 3.07. The number of benzene rings is 2. The quantitative estimate of drug-likeness (QED) is 0.774. The van der Waals surface area contributed by atoms with E-state index >= 15 is 0 Å². The number of methoxy groups -OCH3 is 1. The summed E-state index contributed by atoms with van der Waals surface area (Å²) in [4.78, 5) is 0. The van der Waals surface area contributed by atoms with Crippen LogP contribution in [0.1, 0.15) is 42.7 Å². The van der Waals surface area contributed by atoms with Gasteiger partial charge in [0.15, 0.2) is 0 Å². The van der Waals surface area contributed by atoms with Gasteiger partial charge >= 0.3 is 0 Å². The highest BCUT2D eigenvalue weighted by Crippen LogP contribution is 2.38. The summed E-state index contributed by atoms with van der Waals surface area (Å²) in [5, 5.41) is 0. The van der Waals surface area contributed by atoms with Crippen LogP contribution in [0.25, 0.3) is 0 Å². The Kier molecular flexibility index (Phi) is 4.44. The lowest BCUT2D eigenvalue weighted by Crippen LogP contribution is -2.01. The summed E-state index contributed by atoms with van der Waals surface area (Å²) in [5.41, 5.74) is 2.54. The average Bonchev–Trinajstić information content (AvgIpc) is 3.08. The summed E-state index contributed by atoms with van der Waals surface area (Å²) in [5.74, 6) is 2.60. The molecule has 0 unspecified atom stereocenters. The smallest absolute Gasteiger partial charge is 0.123 e. The van der Waals surface area contributed by atoms with Gasteiger partial charge in [0.05, 0.1) is 7.11 Å². The number of rotatable bonds is 5. The Hall–Kier alpha value is -1.96. The molecular formula is C19H22O2. The Bertz CT molecular complexity index is 568. The third-order valence-corrected chi connectivity index (χ3v) is 4.27. The van der Waals surface area contributed by atoms with Crippen molar-refractivity contribution >= 4 is 0 Å². The number of ether oxygens (including phenoxy) is 2. The van der Waals surface area contributed by atoms with Crippen LogP contribution in [0.2, 0.25) is 0 Å². The molecule has 21 heavy (non-hydrogen) atoms. The maximum atomic E-state index is 6.07. The maximum Gasteiger partial charge on any atom is 0.123 e. The SMILES string of the molecule is COc1ccc(COc2ccccc2C2CCCC2)cc1. The lowest BCUT2D eigenvalue weighted by Gasteiger charge is -2.16. The molecule has 1 saturated carbocycles. The predicted octanol–water partition coefficient (Wildman–Crippen LogP) is 4.93. The summed E-state index contributed by atoms with van der Waals surface area (Å²) in [6, 6.07) is 16.5. The molecule has 2 heteroatoms. The van der Waals surface area contributed by atoms with Crippen molar-refractivity contribution in [3.05, 3.63) is 59.7 Å². The summed E-state index contributed by atoms with van der Waals surface area (Å²) in [6.45, 7) is 0.605. The van der Waals surface area contributed by atoms with Gasteiger partial charge in [0.25, 0.3) is 0 Å². The summed E-state index contributed by atoms with van der Waals surface area (Å²) >= 11 is 0. The van der Waals surface area contributed by atoms with Crippen LogP contribution < -0.4 is 9.47 Å². The van der Waals surface area contributed by atoms with Crippen molar-refractivity contribution in [1.29, 1.82) is 0 Å². The number of hydrogen-bond acceptors (Lipinski definition) is 2. The van der Waals surface area contributed by atoms with E-state index in [-0.39, 0.29) is 0 Å². The molecule has 0 N–H and O–H groups in total. The summed E-state index contributed by atoms with van der Waals surface area (Å²) < 4.78 is 11.2. The molecule has 3 rings (SSSR count). The molecule has 0 atom stereocenters. The highest BCUT2D eigenvalue weighted by Gasteiger charge is 2.20. The zero-order valence-electron chi connectivity index (χ0n) is 12.5. The van der Waals surface area contributed by atoms with Crippen LogP contribution in [0, 0.1) is 0 Å².